The van der Waals surface area contributed by atoms with Crippen molar-refractivity contribution < 1.29 is 28.1 Å². The summed E-state index contributed by atoms with van der Waals surface area (Å²) in [7, 11) is 0. The number of aromatic amines is 1. The number of aromatic nitrogens is 2. The van der Waals surface area contributed by atoms with E-state index in [4.69, 9.17) is 4.74 Å². The lowest BCUT2D eigenvalue weighted by molar-refractivity contribution is -0.141. The SMILES string of the molecule is CC(O)C1OC(n2cc(F)c(=O)[nH]c2=O)C(F)(F)C1O. The van der Waals surface area contributed by atoms with Gasteiger partial charge in [0.2, 0.25) is 12.0 Å². The van der Waals surface area contributed by atoms with Crippen LogP contribution in [0.15, 0.2) is 15.8 Å². The molecule has 0 saturated carbocycles. The van der Waals surface area contributed by atoms with E-state index in [1.165, 1.54) is 4.98 Å². The molecule has 1 aromatic rings. The molecule has 1 aliphatic heterocycles. The minimum absolute atomic E-state index is 0.127. The van der Waals surface area contributed by atoms with Gasteiger partial charge in [-0.15, -0.1) is 0 Å². The van der Waals surface area contributed by atoms with Crippen molar-refractivity contribution in [1.82, 2.24) is 9.55 Å². The maximum absolute atomic E-state index is 13.9. The van der Waals surface area contributed by atoms with Crippen LogP contribution in [0.2, 0.25) is 0 Å². The fraction of sp³-hybridized carbons (Fsp3) is 0.600. The van der Waals surface area contributed by atoms with E-state index in [-0.39, 0.29) is 10.8 Å². The van der Waals surface area contributed by atoms with Crippen LogP contribution < -0.4 is 11.2 Å². The fourth-order valence-electron chi connectivity index (χ4n) is 1.94. The molecule has 0 radical (unpaired) electrons. The first-order valence-corrected chi connectivity index (χ1v) is 5.56. The number of ether oxygens (including phenoxy) is 1. The topological polar surface area (TPSA) is 105 Å². The van der Waals surface area contributed by atoms with Gasteiger partial charge < -0.3 is 14.9 Å². The van der Waals surface area contributed by atoms with Gasteiger partial charge in [0.05, 0.1) is 12.3 Å². The van der Waals surface area contributed by atoms with E-state index in [0.717, 1.165) is 6.92 Å². The van der Waals surface area contributed by atoms with Crippen molar-refractivity contribution in [2.75, 3.05) is 0 Å². The van der Waals surface area contributed by atoms with Crippen LogP contribution >= 0.6 is 0 Å². The second kappa shape index (κ2) is 4.72. The molecule has 0 spiro atoms. The molecule has 10 heteroatoms. The first-order chi connectivity index (χ1) is 9.16. The standard InChI is InChI=1S/C10H11F3N2O5/c1-3(16)5-6(17)10(12,13)8(20-5)15-2-4(11)7(18)14-9(15)19/h2-3,5-6,8,16-17H,1H3,(H,14,18,19). The Morgan fingerprint density at radius 3 is 2.60 bits per heavy atom. The summed E-state index contributed by atoms with van der Waals surface area (Å²) in [6.07, 6.45) is -7.55. The van der Waals surface area contributed by atoms with Gasteiger partial charge in [0.15, 0.2) is 6.10 Å². The molecule has 2 heterocycles. The van der Waals surface area contributed by atoms with E-state index in [0.29, 0.717) is 0 Å². The Balaban J connectivity index is 2.51. The summed E-state index contributed by atoms with van der Waals surface area (Å²) < 4.78 is 45.7. The molecule has 1 fully saturated rings. The van der Waals surface area contributed by atoms with E-state index in [1.54, 1.807) is 0 Å². The van der Waals surface area contributed by atoms with Crippen LogP contribution in [0.25, 0.3) is 0 Å². The molecule has 4 unspecified atom stereocenters. The molecule has 112 valence electrons. The van der Waals surface area contributed by atoms with Crippen molar-refractivity contribution in [1.29, 1.82) is 0 Å². The Kier molecular flexibility index (Phi) is 3.48. The number of rotatable bonds is 2. The van der Waals surface area contributed by atoms with Crippen LogP contribution in [-0.2, 0) is 4.74 Å². The third-order valence-electron chi connectivity index (χ3n) is 2.97. The minimum atomic E-state index is -3.95. The fourth-order valence-corrected chi connectivity index (χ4v) is 1.94. The van der Waals surface area contributed by atoms with Gasteiger partial charge in [-0.05, 0) is 6.92 Å². The highest BCUT2D eigenvalue weighted by atomic mass is 19.3. The lowest BCUT2D eigenvalue weighted by Crippen LogP contribution is -2.44. The summed E-state index contributed by atoms with van der Waals surface area (Å²) in [6, 6.07) is 0. The highest BCUT2D eigenvalue weighted by Gasteiger charge is 2.60. The number of aliphatic hydroxyl groups excluding tert-OH is 2. The van der Waals surface area contributed by atoms with Crippen LogP contribution in [-0.4, -0.2) is 44.0 Å². The Morgan fingerprint density at radius 2 is 2.10 bits per heavy atom. The van der Waals surface area contributed by atoms with Gasteiger partial charge >= 0.3 is 11.6 Å². The minimum Gasteiger partial charge on any atom is -0.391 e. The van der Waals surface area contributed by atoms with E-state index in [9.17, 15) is 33.0 Å². The highest BCUT2D eigenvalue weighted by molar-refractivity contribution is 5.00. The van der Waals surface area contributed by atoms with Crippen LogP contribution in [0.4, 0.5) is 13.2 Å². The summed E-state index contributed by atoms with van der Waals surface area (Å²) >= 11 is 0. The largest absolute Gasteiger partial charge is 0.391 e. The predicted molar refractivity (Wildman–Crippen MR) is 57.8 cm³/mol. The molecule has 1 aromatic heterocycles. The number of halogens is 3. The molecule has 0 aromatic carbocycles. The van der Waals surface area contributed by atoms with E-state index in [2.05, 4.69) is 0 Å². The maximum Gasteiger partial charge on any atom is 0.330 e. The lowest BCUT2D eigenvalue weighted by atomic mass is 10.1. The van der Waals surface area contributed by atoms with Gasteiger partial charge in [0.25, 0.3) is 5.56 Å². The second-order valence-corrected chi connectivity index (χ2v) is 4.46. The first-order valence-electron chi connectivity index (χ1n) is 5.56. The van der Waals surface area contributed by atoms with Crippen LogP contribution in [0.5, 0.6) is 0 Å². The number of hydrogen-bond acceptors (Lipinski definition) is 5. The average molecular weight is 296 g/mol. The number of nitrogens with zero attached hydrogens (tertiary/aromatic N) is 1. The molecule has 4 atom stereocenters. The van der Waals surface area contributed by atoms with Gasteiger partial charge in [-0.1, -0.05) is 0 Å². The molecule has 1 aliphatic rings. The number of alkyl halides is 2. The number of H-pyrrole nitrogens is 1. The zero-order valence-electron chi connectivity index (χ0n) is 10.1. The van der Waals surface area contributed by atoms with Gasteiger partial charge in [0.1, 0.15) is 6.10 Å². The number of aliphatic hydroxyl groups is 2. The van der Waals surface area contributed by atoms with E-state index < -0.39 is 47.5 Å². The molecule has 1 saturated heterocycles. The molecule has 0 bridgehead atoms. The number of nitrogens with one attached hydrogen (secondary N) is 1. The summed E-state index contributed by atoms with van der Waals surface area (Å²) in [6.45, 7) is 1.11. The Labute approximate surface area is 109 Å². The Hall–Kier alpha value is -1.65. The van der Waals surface area contributed by atoms with Gasteiger partial charge in [0, 0.05) is 0 Å². The molecule has 0 aliphatic carbocycles. The maximum atomic E-state index is 13.9. The molecule has 20 heavy (non-hydrogen) atoms. The summed E-state index contributed by atoms with van der Waals surface area (Å²) in [5, 5.41) is 18.7. The van der Waals surface area contributed by atoms with Gasteiger partial charge in [-0.25, -0.2) is 4.79 Å². The summed E-state index contributed by atoms with van der Waals surface area (Å²) in [5.41, 5.74) is -2.68. The predicted octanol–water partition coefficient (Wildman–Crippen LogP) is -1.05. The second-order valence-electron chi connectivity index (χ2n) is 4.46. The quantitative estimate of drug-likeness (QED) is 0.646. The van der Waals surface area contributed by atoms with E-state index >= 15 is 0 Å². The van der Waals surface area contributed by atoms with Crippen LogP contribution in [0.3, 0.4) is 0 Å². The summed E-state index contributed by atoms with van der Waals surface area (Å²) in [5.74, 6) is -5.41. The van der Waals surface area contributed by atoms with Gasteiger partial charge in [-0.2, -0.15) is 13.2 Å². The van der Waals surface area contributed by atoms with Gasteiger partial charge in [-0.3, -0.25) is 14.3 Å². The van der Waals surface area contributed by atoms with Crippen molar-refractivity contribution in [2.45, 2.75) is 37.4 Å². The van der Waals surface area contributed by atoms with Crippen LogP contribution in [0, 0.1) is 5.82 Å². The molecule has 0 amide bonds. The van der Waals surface area contributed by atoms with Crippen molar-refractivity contribution >= 4 is 0 Å². The van der Waals surface area contributed by atoms with Crippen molar-refractivity contribution in [3.63, 3.8) is 0 Å². The highest BCUT2D eigenvalue weighted by Crippen LogP contribution is 2.42. The third-order valence-corrected chi connectivity index (χ3v) is 2.97. The molecular formula is C10H11F3N2O5. The normalized spacial score (nSPS) is 30.4. The van der Waals surface area contributed by atoms with E-state index in [1.807, 2.05) is 0 Å². The zero-order valence-corrected chi connectivity index (χ0v) is 10.1. The van der Waals surface area contributed by atoms with Crippen molar-refractivity contribution in [3.05, 3.63) is 32.9 Å². The summed E-state index contributed by atoms with van der Waals surface area (Å²) in [4.78, 5) is 23.8. The lowest BCUT2D eigenvalue weighted by Gasteiger charge is -2.20. The Bertz CT molecular complexity index is 626. The zero-order chi connectivity index (χ0) is 15.2. The molecular weight excluding hydrogens is 285 g/mol. The molecule has 3 N–H and O–H groups in total. The molecule has 7 nitrogen and oxygen atoms in total. The third kappa shape index (κ3) is 2.15. The number of hydrogen-bond donors (Lipinski definition) is 3. The average Bonchev–Trinajstić information content (AvgIpc) is 2.56. The van der Waals surface area contributed by atoms with Crippen LogP contribution in [0.1, 0.15) is 13.2 Å². The van der Waals surface area contributed by atoms with Crippen molar-refractivity contribution in [3.8, 4) is 0 Å². The van der Waals surface area contributed by atoms with Crippen molar-refractivity contribution in [2.24, 2.45) is 0 Å². The molecule has 2 rings (SSSR count). The monoisotopic (exact) mass is 296 g/mol. The Morgan fingerprint density at radius 1 is 1.50 bits per heavy atom. The smallest absolute Gasteiger partial charge is 0.330 e. The first kappa shape index (κ1) is 14.8.